The molecule has 0 bridgehead atoms. The summed E-state index contributed by atoms with van der Waals surface area (Å²) >= 11 is 0. The van der Waals surface area contributed by atoms with E-state index in [1.165, 1.54) is 0 Å². The van der Waals surface area contributed by atoms with Crippen LogP contribution < -0.4 is 5.32 Å². The van der Waals surface area contributed by atoms with Crippen molar-refractivity contribution in [1.29, 1.82) is 0 Å². The summed E-state index contributed by atoms with van der Waals surface area (Å²) in [5.41, 5.74) is -0.0803. The zero-order valence-corrected chi connectivity index (χ0v) is 13.8. The summed E-state index contributed by atoms with van der Waals surface area (Å²) in [5, 5.41) is 2.17. The lowest BCUT2D eigenvalue weighted by atomic mass is 10.2. The lowest BCUT2D eigenvalue weighted by molar-refractivity contribution is -0.159. The first-order chi connectivity index (χ1) is 11.2. The van der Waals surface area contributed by atoms with Gasteiger partial charge in [0.1, 0.15) is 12.2 Å². The van der Waals surface area contributed by atoms with Gasteiger partial charge in [-0.05, 0) is 26.3 Å². The van der Waals surface area contributed by atoms with Gasteiger partial charge in [0.25, 0.3) is 0 Å². The number of ether oxygens (including phenoxy) is 3. The number of halogens is 2. The molecule has 0 radical (unpaired) electrons. The van der Waals surface area contributed by atoms with Crippen LogP contribution in [0.1, 0.15) is 26.3 Å². The Labute approximate surface area is 139 Å². The quantitative estimate of drug-likeness (QED) is 0.769. The third-order valence-corrected chi connectivity index (χ3v) is 2.59. The summed E-state index contributed by atoms with van der Waals surface area (Å²) in [6.45, 7) is 1.03. The molecule has 6 nitrogen and oxygen atoms in total. The second-order valence-corrected chi connectivity index (χ2v) is 5.89. The topological polar surface area (TPSA) is 73.9 Å². The third kappa shape index (κ3) is 8.42. The van der Waals surface area contributed by atoms with Crippen LogP contribution in [0.5, 0.6) is 0 Å². The Bertz CT molecular complexity index is 531. The average Bonchev–Trinajstić information content (AvgIpc) is 2.48. The number of benzene rings is 1. The van der Waals surface area contributed by atoms with E-state index in [0.717, 1.165) is 5.56 Å². The van der Waals surface area contributed by atoms with Crippen molar-refractivity contribution < 1.29 is 32.6 Å². The molecular weight excluding hydrogens is 324 g/mol. The molecule has 1 aromatic rings. The van der Waals surface area contributed by atoms with Crippen LogP contribution in [0.25, 0.3) is 0 Å². The minimum absolute atomic E-state index is 0.0547. The minimum atomic E-state index is -3.07. The van der Waals surface area contributed by atoms with E-state index in [1.54, 1.807) is 51.1 Å². The molecule has 24 heavy (non-hydrogen) atoms. The Morgan fingerprint density at radius 2 is 1.79 bits per heavy atom. The first-order valence-electron chi connectivity index (χ1n) is 7.27. The highest BCUT2D eigenvalue weighted by Gasteiger charge is 2.27. The molecule has 0 unspecified atom stereocenters. The number of esters is 1. The molecule has 0 saturated heterocycles. The second-order valence-electron chi connectivity index (χ2n) is 5.89. The van der Waals surface area contributed by atoms with Crippen LogP contribution in [0.15, 0.2) is 30.3 Å². The number of carbonyl (C=O) groups is 2. The number of carbonyl (C=O) groups excluding carboxylic acids is 2. The number of rotatable bonds is 7. The van der Waals surface area contributed by atoms with Gasteiger partial charge in [0.05, 0.1) is 6.61 Å². The monoisotopic (exact) mass is 345 g/mol. The van der Waals surface area contributed by atoms with Gasteiger partial charge >= 0.3 is 18.7 Å². The maximum Gasteiger partial charge on any atom is 0.408 e. The molecule has 134 valence electrons. The standard InChI is InChI=1S/C16H21F2NO5/c1-16(2,3)24-15(21)19-12(10-23-14(17)18)13(20)22-9-11-7-5-4-6-8-11/h4-8,12,14H,9-10H2,1-3H3,(H,19,21)/t12-/m0/s1. The number of hydrogen-bond donors (Lipinski definition) is 1. The van der Waals surface area contributed by atoms with Gasteiger partial charge in [-0.1, -0.05) is 30.3 Å². The zero-order chi connectivity index (χ0) is 18.2. The Balaban J connectivity index is 2.62. The van der Waals surface area contributed by atoms with Crippen molar-refractivity contribution in [2.75, 3.05) is 6.61 Å². The van der Waals surface area contributed by atoms with Gasteiger partial charge in [0.2, 0.25) is 0 Å². The minimum Gasteiger partial charge on any atom is -0.459 e. The zero-order valence-electron chi connectivity index (χ0n) is 13.8. The molecular formula is C16H21F2NO5. The first-order valence-corrected chi connectivity index (χ1v) is 7.27. The second kappa shape index (κ2) is 9.17. The smallest absolute Gasteiger partial charge is 0.408 e. The molecule has 1 N–H and O–H groups in total. The highest BCUT2D eigenvalue weighted by Crippen LogP contribution is 2.08. The molecule has 1 rings (SSSR count). The van der Waals surface area contributed by atoms with E-state index >= 15 is 0 Å². The van der Waals surface area contributed by atoms with Crippen LogP contribution in [0.3, 0.4) is 0 Å². The van der Waals surface area contributed by atoms with Crippen molar-refractivity contribution in [2.24, 2.45) is 0 Å². The average molecular weight is 345 g/mol. The largest absolute Gasteiger partial charge is 0.459 e. The fourth-order valence-electron chi connectivity index (χ4n) is 1.62. The number of alkyl halides is 2. The van der Waals surface area contributed by atoms with Gasteiger partial charge in [-0.15, -0.1) is 0 Å². The molecule has 0 saturated carbocycles. The molecule has 8 heteroatoms. The van der Waals surface area contributed by atoms with Crippen molar-refractivity contribution in [3.8, 4) is 0 Å². The van der Waals surface area contributed by atoms with Crippen LogP contribution >= 0.6 is 0 Å². The summed E-state index contributed by atoms with van der Waals surface area (Å²) in [4.78, 5) is 23.7. The molecule has 1 aromatic carbocycles. The van der Waals surface area contributed by atoms with E-state index in [1.807, 2.05) is 0 Å². The van der Waals surface area contributed by atoms with Gasteiger partial charge in [0.15, 0.2) is 6.04 Å². The van der Waals surface area contributed by atoms with E-state index in [2.05, 4.69) is 10.1 Å². The van der Waals surface area contributed by atoms with Crippen LogP contribution in [0, 0.1) is 0 Å². The molecule has 0 heterocycles. The molecule has 0 aliphatic carbocycles. The molecule has 0 fully saturated rings. The van der Waals surface area contributed by atoms with Crippen molar-refractivity contribution >= 4 is 12.1 Å². The molecule has 0 aliphatic heterocycles. The normalized spacial score (nSPS) is 12.6. The van der Waals surface area contributed by atoms with Crippen molar-refractivity contribution in [1.82, 2.24) is 5.32 Å². The Morgan fingerprint density at radius 1 is 1.17 bits per heavy atom. The highest BCUT2D eigenvalue weighted by molar-refractivity contribution is 5.81. The van der Waals surface area contributed by atoms with E-state index in [4.69, 9.17) is 9.47 Å². The molecule has 0 aliphatic rings. The lowest BCUT2D eigenvalue weighted by Gasteiger charge is -2.22. The number of hydrogen-bond acceptors (Lipinski definition) is 5. The van der Waals surface area contributed by atoms with Gasteiger partial charge in [-0.25, -0.2) is 9.59 Å². The lowest BCUT2D eigenvalue weighted by Crippen LogP contribution is -2.47. The van der Waals surface area contributed by atoms with Crippen molar-refractivity contribution in [2.45, 2.75) is 45.6 Å². The number of amides is 1. The van der Waals surface area contributed by atoms with Gasteiger partial charge in [-0.3, -0.25) is 0 Å². The highest BCUT2D eigenvalue weighted by atomic mass is 19.3. The number of alkyl carbamates (subject to hydrolysis) is 1. The van der Waals surface area contributed by atoms with E-state index < -0.39 is 36.9 Å². The van der Waals surface area contributed by atoms with Gasteiger partial charge in [0, 0.05) is 0 Å². The molecule has 1 amide bonds. The third-order valence-electron chi connectivity index (χ3n) is 2.59. The summed E-state index contributed by atoms with van der Waals surface area (Å²) in [6, 6.07) is 7.39. The first kappa shape index (κ1) is 19.8. The van der Waals surface area contributed by atoms with Gasteiger partial charge < -0.3 is 19.5 Å². The summed E-state index contributed by atoms with van der Waals surface area (Å²) in [5.74, 6) is -0.898. The van der Waals surface area contributed by atoms with Gasteiger partial charge in [-0.2, -0.15) is 8.78 Å². The Morgan fingerprint density at radius 3 is 2.33 bits per heavy atom. The Kier molecular flexibility index (Phi) is 7.57. The van der Waals surface area contributed by atoms with Crippen LogP contribution in [-0.4, -0.2) is 36.9 Å². The summed E-state index contributed by atoms with van der Waals surface area (Å²) < 4.78 is 38.5. The van der Waals surface area contributed by atoms with Crippen LogP contribution in [0.2, 0.25) is 0 Å². The molecule has 0 aromatic heterocycles. The summed E-state index contributed by atoms with van der Waals surface area (Å²) in [7, 11) is 0. The number of nitrogens with one attached hydrogen (secondary N) is 1. The van der Waals surface area contributed by atoms with E-state index in [0.29, 0.717) is 0 Å². The SMILES string of the molecule is CC(C)(C)OC(=O)N[C@@H](COC(F)F)C(=O)OCc1ccccc1. The van der Waals surface area contributed by atoms with Crippen molar-refractivity contribution in [3.05, 3.63) is 35.9 Å². The van der Waals surface area contributed by atoms with Crippen LogP contribution in [-0.2, 0) is 25.6 Å². The summed E-state index contributed by atoms with van der Waals surface area (Å²) in [6.07, 6.45) is -0.929. The predicted octanol–water partition coefficient (Wildman–Crippen LogP) is 2.86. The Hall–Kier alpha value is -2.22. The fraction of sp³-hybridized carbons (Fsp3) is 0.500. The maximum atomic E-state index is 12.2. The molecule has 0 spiro atoms. The van der Waals surface area contributed by atoms with E-state index in [9.17, 15) is 18.4 Å². The van der Waals surface area contributed by atoms with Crippen molar-refractivity contribution in [3.63, 3.8) is 0 Å². The van der Waals surface area contributed by atoms with Crippen LogP contribution in [0.4, 0.5) is 13.6 Å². The maximum absolute atomic E-state index is 12.2. The fourth-order valence-corrected chi connectivity index (χ4v) is 1.62. The molecule has 1 atom stereocenters. The predicted molar refractivity (Wildman–Crippen MR) is 81.4 cm³/mol. The van der Waals surface area contributed by atoms with E-state index in [-0.39, 0.29) is 6.61 Å².